The van der Waals surface area contributed by atoms with Gasteiger partial charge in [-0.15, -0.1) is 0 Å². The largest absolute Gasteiger partial charge is 0.490 e. The number of hydrogen-bond acceptors (Lipinski definition) is 4. The van der Waals surface area contributed by atoms with Gasteiger partial charge in [0, 0.05) is 30.4 Å². The zero-order valence-electron chi connectivity index (χ0n) is 18.4. The number of ether oxygens (including phenoxy) is 2. The number of benzene rings is 2. The normalized spacial score (nSPS) is 13.5. The van der Waals surface area contributed by atoms with Gasteiger partial charge in [-0.05, 0) is 75.1 Å². The second-order valence-corrected chi connectivity index (χ2v) is 7.37. The average molecular weight is 423 g/mol. The zero-order chi connectivity index (χ0) is 22.2. The number of rotatable bonds is 8. The van der Waals surface area contributed by atoms with Gasteiger partial charge in [-0.3, -0.25) is 9.59 Å². The van der Waals surface area contributed by atoms with Crippen LogP contribution in [0.15, 0.2) is 42.5 Å². The van der Waals surface area contributed by atoms with E-state index in [2.05, 4.69) is 5.32 Å². The molecule has 1 aliphatic heterocycles. The molecule has 1 fully saturated rings. The van der Waals surface area contributed by atoms with Crippen molar-refractivity contribution in [3.05, 3.63) is 59.2 Å². The zero-order valence-corrected chi connectivity index (χ0v) is 18.4. The van der Waals surface area contributed by atoms with Gasteiger partial charge in [-0.1, -0.05) is 12.1 Å². The minimum atomic E-state index is -0.263. The van der Waals surface area contributed by atoms with Gasteiger partial charge >= 0.3 is 0 Å². The molecule has 1 aliphatic rings. The maximum absolute atomic E-state index is 12.8. The van der Waals surface area contributed by atoms with E-state index in [-0.39, 0.29) is 11.8 Å². The summed E-state index contributed by atoms with van der Waals surface area (Å²) in [7, 11) is 0. The molecule has 0 saturated carbocycles. The first-order chi connectivity index (χ1) is 15.0. The second-order valence-electron chi connectivity index (χ2n) is 7.37. The number of carbonyl (C=O) groups excluding carboxylic acids is 2. The third-order valence-corrected chi connectivity index (χ3v) is 5.21. The van der Waals surface area contributed by atoms with Gasteiger partial charge < -0.3 is 19.7 Å². The van der Waals surface area contributed by atoms with E-state index in [0.717, 1.165) is 37.1 Å². The van der Waals surface area contributed by atoms with Gasteiger partial charge in [0.25, 0.3) is 5.91 Å². The number of nitrogens with zero attached hydrogens (tertiary/aromatic N) is 1. The molecule has 1 heterocycles. The number of nitrogens with one attached hydrogen (secondary N) is 1. The van der Waals surface area contributed by atoms with Crippen molar-refractivity contribution in [1.82, 2.24) is 4.90 Å². The van der Waals surface area contributed by atoms with Gasteiger partial charge in [0.1, 0.15) is 0 Å². The highest BCUT2D eigenvalue weighted by atomic mass is 16.5. The molecule has 3 rings (SSSR count). The lowest BCUT2D eigenvalue weighted by atomic mass is 10.1. The van der Waals surface area contributed by atoms with Crippen LogP contribution in [0.2, 0.25) is 0 Å². The van der Waals surface area contributed by atoms with E-state index in [4.69, 9.17) is 9.47 Å². The Bertz CT molecular complexity index is 962. The number of amides is 2. The predicted octanol–water partition coefficient (Wildman–Crippen LogP) is 4.68. The van der Waals surface area contributed by atoms with Crippen LogP contribution in [0, 0.1) is 6.92 Å². The van der Waals surface area contributed by atoms with Crippen molar-refractivity contribution in [2.75, 3.05) is 31.6 Å². The average Bonchev–Trinajstić information content (AvgIpc) is 3.30. The minimum absolute atomic E-state index is 0.0273. The molecule has 2 aromatic carbocycles. The topological polar surface area (TPSA) is 67.9 Å². The van der Waals surface area contributed by atoms with Crippen LogP contribution in [0.25, 0.3) is 6.08 Å². The summed E-state index contributed by atoms with van der Waals surface area (Å²) in [5, 5.41) is 2.89. The molecule has 0 radical (unpaired) electrons. The predicted molar refractivity (Wildman–Crippen MR) is 123 cm³/mol. The third-order valence-electron chi connectivity index (χ3n) is 5.21. The maximum atomic E-state index is 12.8. The molecule has 31 heavy (non-hydrogen) atoms. The highest BCUT2D eigenvalue weighted by Crippen LogP contribution is 2.29. The van der Waals surface area contributed by atoms with Crippen LogP contribution in [0.1, 0.15) is 48.2 Å². The van der Waals surface area contributed by atoms with Gasteiger partial charge in [0.15, 0.2) is 11.5 Å². The summed E-state index contributed by atoms with van der Waals surface area (Å²) in [6, 6.07) is 11.0. The Morgan fingerprint density at radius 3 is 2.45 bits per heavy atom. The smallest absolute Gasteiger partial charge is 0.254 e. The molecule has 0 aromatic heterocycles. The molecule has 2 aromatic rings. The van der Waals surface area contributed by atoms with Crippen molar-refractivity contribution >= 4 is 23.6 Å². The van der Waals surface area contributed by atoms with Gasteiger partial charge in [-0.2, -0.15) is 0 Å². The molecular weight excluding hydrogens is 392 g/mol. The lowest BCUT2D eigenvalue weighted by molar-refractivity contribution is -0.111. The Morgan fingerprint density at radius 1 is 1.03 bits per heavy atom. The van der Waals surface area contributed by atoms with E-state index in [1.807, 2.05) is 56.0 Å². The van der Waals surface area contributed by atoms with Gasteiger partial charge in [-0.25, -0.2) is 0 Å². The fourth-order valence-corrected chi connectivity index (χ4v) is 3.61. The number of likely N-dealkylation sites (tertiary alicyclic amines) is 1. The Labute approximate surface area is 183 Å². The Hall–Kier alpha value is -3.28. The Kier molecular flexibility index (Phi) is 7.70. The summed E-state index contributed by atoms with van der Waals surface area (Å²) in [6.45, 7) is 8.37. The van der Waals surface area contributed by atoms with Crippen molar-refractivity contribution < 1.29 is 19.1 Å². The van der Waals surface area contributed by atoms with Crippen LogP contribution in [0.5, 0.6) is 11.5 Å². The standard InChI is InChI=1S/C25H30N2O4/c1-4-30-22-13-11-19(17-23(22)31-5-2)12-14-24(28)26-21-10-8-9-20(18(21)3)25(29)27-15-6-7-16-27/h8-14,17H,4-7,15-16H2,1-3H3,(H,26,28)/b14-12+. The summed E-state index contributed by atoms with van der Waals surface area (Å²) in [4.78, 5) is 27.1. The highest BCUT2D eigenvalue weighted by molar-refractivity contribution is 6.04. The van der Waals surface area contributed by atoms with Crippen molar-refractivity contribution in [2.45, 2.75) is 33.6 Å². The summed E-state index contributed by atoms with van der Waals surface area (Å²) in [6.07, 6.45) is 5.28. The molecule has 6 heteroatoms. The van der Waals surface area contributed by atoms with Crippen LogP contribution in [0.4, 0.5) is 5.69 Å². The lowest BCUT2D eigenvalue weighted by Gasteiger charge is -2.18. The molecule has 1 saturated heterocycles. The van der Waals surface area contributed by atoms with Crippen LogP contribution in [-0.4, -0.2) is 43.0 Å². The summed E-state index contributed by atoms with van der Waals surface area (Å²) < 4.78 is 11.2. The third kappa shape index (κ3) is 5.66. The van der Waals surface area contributed by atoms with E-state index >= 15 is 0 Å². The summed E-state index contributed by atoms with van der Waals surface area (Å²) >= 11 is 0. The quantitative estimate of drug-likeness (QED) is 0.627. The van der Waals surface area contributed by atoms with E-state index in [1.165, 1.54) is 6.08 Å². The second kappa shape index (κ2) is 10.7. The van der Waals surface area contributed by atoms with E-state index < -0.39 is 0 Å². The first-order valence-electron chi connectivity index (χ1n) is 10.8. The van der Waals surface area contributed by atoms with Crippen molar-refractivity contribution in [3.63, 3.8) is 0 Å². The molecule has 0 spiro atoms. The van der Waals surface area contributed by atoms with Gasteiger partial charge in [0.05, 0.1) is 13.2 Å². The molecule has 0 unspecified atom stereocenters. The number of hydrogen-bond donors (Lipinski definition) is 1. The monoisotopic (exact) mass is 422 g/mol. The maximum Gasteiger partial charge on any atom is 0.254 e. The lowest BCUT2D eigenvalue weighted by Crippen LogP contribution is -2.28. The Balaban J connectivity index is 1.70. The summed E-state index contributed by atoms with van der Waals surface area (Å²) in [5.74, 6) is 1.09. The molecule has 2 amide bonds. The highest BCUT2D eigenvalue weighted by Gasteiger charge is 2.21. The first-order valence-corrected chi connectivity index (χ1v) is 10.8. The summed E-state index contributed by atoms with van der Waals surface area (Å²) in [5.41, 5.74) is 2.88. The molecule has 0 atom stereocenters. The fraction of sp³-hybridized carbons (Fsp3) is 0.360. The molecule has 0 bridgehead atoms. The molecule has 164 valence electrons. The van der Waals surface area contributed by atoms with Crippen molar-refractivity contribution in [3.8, 4) is 11.5 Å². The van der Waals surface area contributed by atoms with Crippen molar-refractivity contribution in [2.24, 2.45) is 0 Å². The number of anilines is 1. The van der Waals surface area contributed by atoms with Crippen LogP contribution in [-0.2, 0) is 4.79 Å². The molecule has 6 nitrogen and oxygen atoms in total. The van der Waals surface area contributed by atoms with E-state index in [1.54, 1.807) is 12.1 Å². The molecular formula is C25H30N2O4. The SMILES string of the molecule is CCOc1ccc(/C=C/C(=O)Nc2cccc(C(=O)N3CCCC3)c2C)cc1OCC. The number of carbonyl (C=O) groups is 2. The van der Waals surface area contributed by atoms with Gasteiger partial charge in [0.2, 0.25) is 5.91 Å². The van der Waals surface area contributed by atoms with Crippen molar-refractivity contribution in [1.29, 1.82) is 0 Å². The van der Waals surface area contributed by atoms with Crippen LogP contribution < -0.4 is 14.8 Å². The van der Waals surface area contributed by atoms with Crippen LogP contribution >= 0.6 is 0 Å². The Morgan fingerprint density at radius 2 is 1.74 bits per heavy atom. The van der Waals surface area contributed by atoms with E-state index in [0.29, 0.717) is 36.0 Å². The fourth-order valence-electron chi connectivity index (χ4n) is 3.61. The van der Waals surface area contributed by atoms with Crippen LogP contribution in [0.3, 0.4) is 0 Å². The first kappa shape index (κ1) is 22.4. The minimum Gasteiger partial charge on any atom is -0.490 e. The van der Waals surface area contributed by atoms with E-state index in [9.17, 15) is 9.59 Å². The molecule has 0 aliphatic carbocycles. The molecule has 1 N–H and O–H groups in total.